The Morgan fingerprint density at radius 2 is 1.61 bits per heavy atom. The number of benzene rings is 3. The molecule has 0 aliphatic rings. The van der Waals surface area contributed by atoms with Gasteiger partial charge in [0.1, 0.15) is 5.82 Å². The zero-order chi connectivity index (χ0) is 19.6. The summed E-state index contributed by atoms with van der Waals surface area (Å²) in [6.45, 7) is 0. The van der Waals surface area contributed by atoms with Crippen LogP contribution in [-0.2, 0) is 10.0 Å². The molecule has 0 aliphatic heterocycles. The monoisotopic (exact) mass is 393 g/mol. The maximum atomic E-state index is 13.1. The van der Waals surface area contributed by atoms with Crippen molar-refractivity contribution >= 4 is 15.7 Å². The standard InChI is InChI=1S/C21H16FN3O2S/c22-18-7-5-16(6-8-18)17-3-1-4-21(15-17)28(26,27)24-19-9-11-20(12-10-19)25-14-2-13-23-25/h1-15,24H. The third-order valence-electron chi connectivity index (χ3n) is 4.21. The van der Waals surface area contributed by atoms with Crippen molar-refractivity contribution in [3.63, 3.8) is 0 Å². The summed E-state index contributed by atoms with van der Waals surface area (Å²) < 4.78 is 42.9. The quantitative estimate of drug-likeness (QED) is 0.544. The van der Waals surface area contributed by atoms with Crippen LogP contribution in [0.3, 0.4) is 0 Å². The molecule has 1 aromatic heterocycles. The van der Waals surface area contributed by atoms with Gasteiger partial charge in [0.15, 0.2) is 0 Å². The number of hydrogen-bond acceptors (Lipinski definition) is 3. The summed E-state index contributed by atoms with van der Waals surface area (Å²) >= 11 is 0. The fourth-order valence-corrected chi connectivity index (χ4v) is 3.91. The van der Waals surface area contributed by atoms with Crippen LogP contribution in [-0.4, -0.2) is 18.2 Å². The first kappa shape index (κ1) is 17.9. The number of anilines is 1. The van der Waals surface area contributed by atoms with E-state index in [1.165, 1.54) is 18.2 Å². The molecule has 0 atom stereocenters. The van der Waals surface area contributed by atoms with Crippen LogP contribution >= 0.6 is 0 Å². The molecule has 5 nitrogen and oxygen atoms in total. The molecule has 4 aromatic rings. The Kier molecular flexibility index (Phi) is 4.67. The van der Waals surface area contributed by atoms with E-state index in [4.69, 9.17) is 0 Å². The number of halogens is 1. The topological polar surface area (TPSA) is 64.0 Å². The van der Waals surface area contributed by atoms with Crippen molar-refractivity contribution < 1.29 is 12.8 Å². The van der Waals surface area contributed by atoms with E-state index in [0.29, 0.717) is 11.3 Å². The Bertz CT molecular complexity index is 1190. The first-order chi connectivity index (χ1) is 13.5. The van der Waals surface area contributed by atoms with Gasteiger partial charge in [0, 0.05) is 18.1 Å². The van der Waals surface area contributed by atoms with Gasteiger partial charge in [0.05, 0.1) is 10.6 Å². The molecule has 0 fully saturated rings. The fourth-order valence-electron chi connectivity index (χ4n) is 2.80. The largest absolute Gasteiger partial charge is 0.280 e. The molecule has 0 saturated heterocycles. The average molecular weight is 393 g/mol. The number of hydrogen-bond donors (Lipinski definition) is 1. The molecule has 0 aliphatic carbocycles. The number of sulfonamides is 1. The van der Waals surface area contributed by atoms with Crippen LogP contribution in [0.4, 0.5) is 10.1 Å². The summed E-state index contributed by atoms with van der Waals surface area (Å²) in [5, 5.41) is 4.14. The molecular weight excluding hydrogens is 377 g/mol. The zero-order valence-electron chi connectivity index (χ0n) is 14.7. The van der Waals surface area contributed by atoms with Gasteiger partial charge in [0.2, 0.25) is 0 Å². The van der Waals surface area contributed by atoms with E-state index in [9.17, 15) is 12.8 Å². The third-order valence-corrected chi connectivity index (χ3v) is 5.59. The lowest BCUT2D eigenvalue weighted by atomic mass is 10.1. The SMILES string of the molecule is O=S(=O)(Nc1ccc(-n2cccn2)cc1)c1cccc(-c2ccc(F)cc2)c1. The average Bonchev–Trinajstić information content (AvgIpc) is 3.24. The molecule has 140 valence electrons. The van der Waals surface area contributed by atoms with Crippen molar-refractivity contribution in [1.29, 1.82) is 0 Å². The van der Waals surface area contributed by atoms with Gasteiger partial charge < -0.3 is 0 Å². The summed E-state index contributed by atoms with van der Waals surface area (Å²) in [6, 6.07) is 21.2. The molecule has 0 spiro atoms. The summed E-state index contributed by atoms with van der Waals surface area (Å²) in [6.07, 6.45) is 3.48. The van der Waals surface area contributed by atoms with Crippen molar-refractivity contribution in [1.82, 2.24) is 9.78 Å². The van der Waals surface area contributed by atoms with Gasteiger partial charge in [-0.2, -0.15) is 5.10 Å². The van der Waals surface area contributed by atoms with E-state index in [1.54, 1.807) is 71.7 Å². The highest BCUT2D eigenvalue weighted by Gasteiger charge is 2.15. The van der Waals surface area contributed by atoms with Crippen LogP contribution in [0, 0.1) is 5.82 Å². The van der Waals surface area contributed by atoms with Gasteiger partial charge in [-0.3, -0.25) is 4.72 Å². The third kappa shape index (κ3) is 3.79. The van der Waals surface area contributed by atoms with Crippen molar-refractivity contribution in [2.75, 3.05) is 4.72 Å². The minimum atomic E-state index is -3.77. The Morgan fingerprint density at radius 1 is 0.857 bits per heavy atom. The molecule has 1 heterocycles. The smallest absolute Gasteiger partial charge is 0.261 e. The van der Waals surface area contributed by atoms with Crippen LogP contribution in [0.25, 0.3) is 16.8 Å². The van der Waals surface area contributed by atoms with Crippen molar-refractivity contribution in [3.8, 4) is 16.8 Å². The van der Waals surface area contributed by atoms with Gasteiger partial charge in [-0.15, -0.1) is 0 Å². The van der Waals surface area contributed by atoms with Crippen LogP contribution in [0.1, 0.15) is 0 Å². The maximum Gasteiger partial charge on any atom is 0.261 e. The predicted octanol–water partition coefficient (Wildman–Crippen LogP) is 4.48. The zero-order valence-corrected chi connectivity index (χ0v) is 15.5. The number of aromatic nitrogens is 2. The second kappa shape index (κ2) is 7.28. The lowest BCUT2D eigenvalue weighted by molar-refractivity contribution is 0.601. The Labute approximate surface area is 162 Å². The van der Waals surface area contributed by atoms with Gasteiger partial charge in [-0.05, 0) is 65.7 Å². The maximum absolute atomic E-state index is 13.1. The molecule has 0 radical (unpaired) electrons. The summed E-state index contributed by atoms with van der Waals surface area (Å²) in [7, 11) is -3.77. The predicted molar refractivity (Wildman–Crippen MR) is 106 cm³/mol. The Balaban J connectivity index is 1.58. The highest BCUT2D eigenvalue weighted by Crippen LogP contribution is 2.24. The molecule has 0 bridgehead atoms. The Morgan fingerprint density at radius 3 is 2.29 bits per heavy atom. The van der Waals surface area contributed by atoms with Crippen LogP contribution in [0.5, 0.6) is 0 Å². The van der Waals surface area contributed by atoms with Crippen LogP contribution in [0.15, 0.2) is 96.2 Å². The summed E-state index contributed by atoms with van der Waals surface area (Å²) in [5.74, 6) is -0.340. The van der Waals surface area contributed by atoms with E-state index in [1.807, 2.05) is 6.07 Å². The van der Waals surface area contributed by atoms with Crippen molar-refractivity contribution in [2.45, 2.75) is 4.90 Å². The molecule has 4 rings (SSSR count). The van der Waals surface area contributed by atoms with Crippen molar-refractivity contribution in [2.24, 2.45) is 0 Å². The molecule has 0 saturated carbocycles. The van der Waals surface area contributed by atoms with E-state index in [2.05, 4.69) is 9.82 Å². The summed E-state index contributed by atoms with van der Waals surface area (Å²) in [4.78, 5) is 0.130. The molecule has 28 heavy (non-hydrogen) atoms. The first-order valence-corrected chi connectivity index (χ1v) is 9.98. The van der Waals surface area contributed by atoms with E-state index in [0.717, 1.165) is 11.3 Å². The fraction of sp³-hybridized carbons (Fsp3) is 0. The van der Waals surface area contributed by atoms with Gasteiger partial charge in [-0.25, -0.2) is 17.5 Å². The van der Waals surface area contributed by atoms with E-state index < -0.39 is 10.0 Å². The van der Waals surface area contributed by atoms with Crippen LogP contribution < -0.4 is 4.72 Å². The molecule has 7 heteroatoms. The highest BCUT2D eigenvalue weighted by molar-refractivity contribution is 7.92. The lowest BCUT2D eigenvalue weighted by Crippen LogP contribution is -2.13. The highest BCUT2D eigenvalue weighted by atomic mass is 32.2. The van der Waals surface area contributed by atoms with Gasteiger partial charge in [0.25, 0.3) is 10.0 Å². The molecule has 0 unspecified atom stereocenters. The van der Waals surface area contributed by atoms with E-state index in [-0.39, 0.29) is 10.7 Å². The molecule has 3 aromatic carbocycles. The van der Waals surface area contributed by atoms with Gasteiger partial charge >= 0.3 is 0 Å². The van der Waals surface area contributed by atoms with Gasteiger partial charge in [-0.1, -0.05) is 24.3 Å². The normalized spacial score (nSPS) is 11.3. The minimum absolute atomic E-state index is 0.130. The molecule has 0 amide bonds. The number of nitrogens with zero attached hydrogens (tertiary/aromatic N) is 2. The second-order valence-electron chi connectivity index (χ2n) is 6.14. The van der Waals surface area contributed by atoms with E-state index >= 15 is 0 Å². The first-order valence-electron chi connectivity index (χ1n) is 8.50. The second-order valence-corrected chi connectivity index (χ2v) is 7.82. The summed E-state index contributed by atoms with van der Waals surface area (Å²) in [5.41, 5.74) is 2.70. The molecule has 1 N–H and O–H groups in total. The van der Waals surface area contributed by atoms with Crippen molar-refractivity contribution in [3.05, 3.63) is 97.1 Å². The number of rotatable bonds is 5. The van der Waals surface area contributed by atoms with Crippen LogP contribution in [0.2, 0.25) is 0 Å². The minimum Gasteiger partial charge on any atom is -0.280 e. The number of nitrogens with one attached hydrogen (secondary N) is 1. The Hall–Kier alpha value is -3.45. The lowest BCUT2D eigenvalue weighted by Gasteiger charge is -2.10. The molecular formula is C21H16FN3O2S.